The molecule has 4 unspecified atom stereocenters. The highest BCUT2D eigenvalue weighted by molar-refractivity contribution is 5.86. The Balaban J connectivity index is 1.03. The molecule has 5 N–H and O–H groups in total. The van der Waals surface area contributed by atoms with Crippen molar-refractivity contribution in [2.45, 2.75) is 89.4 Å². The molecule has 1 aliphatic heterocycles. The predicted molar refractivity (Wildman–Crippen MR) is 155 cm³/mol. The molecule has 0 bridgehead atoms. The molecule has 4 atom stereocenters. The Bertz CT molecular complexity index is 1490. The summed E-state index contributed by atoms with van der Waals surface area (Å²) in [5, 5.41) is 22.4. The van der Waals surface area contributed by atoms with Crippen molar-refractivity contribution in [3.05, 3.63) is 48.2 Å². The molecule has 2 fully saturated rings. The third-order valence-corrected chi connectivity index (χ3v) is 8.89. The van der Waals surface area contributed by atoms with E-state index in [0.29, 0.717) is 35.4 Å². The third-order valence-electron chi connectivity index (χ3n) is 8.89. The van der Waals surface area contributed by atoms with Gasteiger partial charge in [-0.05, 0) is 60.9 Å². The molecule has 1 saturated carbocycles. The molecule has 0 radical (unpaired) electrons. The summed E-state index contributed by atoms with van der Waals surface area (Å²) in [5.74, 6) is 2.09. The first-order chi connectivity index (χ1) is 19.1. The number of likely N-dealkylation sites (N-methyl/N-ethyl adjacent to an activating group) is 1. The summed E-state index contributed by atoms with van der Waals surface area (Å²) in [6.45, 7) is 10.3. The number of benzene rings is 1. The second-order valence-electron chi connectivity index (χ2n) is 12.5. The largest absolute Gasteiger partial charge is 0.387 e. The van der Waals surface area contributed by atoms with Crippen LogP contribution in [-0.4, -0.2) is 77.1 Å². The number of nitrogen functional groups attached to an aromatic ring is 1. The van der Waals surface area contributed by atoms with Crippen LogP contribution in [0.3, 0.4) is 0 Å². The molecule has 214 valence electrons. The molecule has 2 aliphatic rings. The van der Waals surface area contributed by atoms with Gasteiger partial charge >= 0.3 is 0 Å². The average molecular weight is 548 g/mol. The van der Waals surface area contributed by atoms with Crippen LogP contribution in [0, 0.1) is 5.92 Å². The van der Waals surface area contributed by atoms with E-state index in [1.165, 1.54) is 11.9 Å². The Morgan fingerprint density at radius 3 is 2.70 bits per heavy atom. The lowest BCUT2D eigenvalue weighted by Crippen LogP contribution is -2.49. The number of nitrogens with one attached hydrogen (secondary N) is 1. The lowest BCUT2D eigenvalue weighted by molar-refractivity contribution is -0.0548. The standard InChI is InChI=1S/C30H41N7O3/c1-5-36(15-23-25(38)26(39)29(40-23)37-11-10-20-27(31)32-16-33-28(20)37)19-12-17(13-19)6-9-24-34-21-8-7-18(30(2,3)4)14-22(21)35-24/h7-8,10-11,14,16-17,19,23,25-26,29,38-39H,5-6,9,12-13,15H2,1-4H3,(H,34,35)(H2,31,32,33). The number of imidazole rings is 1. The normalized spacial score (nSPS) is 27.2. The van der Waals surface area contributed by atoms with Crippen LogP contribution < -0.4 is 5.73 Å². The molecule has 3 aromatic heterocycles. The summed E-state index contributed by atoms with van der Waals surface area (Å²) in [7, 11) is 0. The van der Waals surface area contributed by atoms with Gasteiger partial charge in [0.05, 0.1) is 16.4 Å². The predicted octanol–water partition coefficient (Wildman–Crippen LogP) is 3.54. The number of aromatic nitrogens is 5. The Hall–Kier alpha value is -3.05. The number of ether oxygens (including phenoxy) is 1. The number of hydrogen-bond donors (Lipinski definition) is 4. The highest BCUT2D eigenvalue weighted by Crippen LogP contribution is 2.38. The number of nitrogens with two attached hydrogens (primary N) is 1. The van der Waals surface area contributed by atoms with E-state index in [-0.39, 0.29) is 5.41 Å². The minimum Gasteiger partial charge on any atom is -0.387 e. The van der Waals surface area contributed by atoms with Gasteiger partial charge in [0.1, 0.15) is 41.9 Å². The van der Waals surface area contributed by atoms with E-state index >= 15 is 0 Å². The van der Waals surface area contributed by atoms with Gasteiger partial charge < -0.3 is 30.2 Å². The molecular formula is C30H41N7O3. The SMILES string of the molecule is CCN(CC1OC(n2ccc3c(N)ncnc32)C(O)C1O)C1CC(CCc2nc3ccc(C(C)(C)C)cc3[nH]2)C1. The van der Waals surface area contributed by atoms with E-state index in [9.17, 15) is 10.2 Å². The van der Waals surface area contributed by atoms with Crippen molar-refractivity contribution >= 4 is 27.9 Å². The molecule has 1 aliphatic carbocycles. The quantitative estimate of drug-likeness (QED) is 0.263. The molecule has 10 heteroatoms. The number of nitrogens with zero attached hydrogens (tertiary/aromatic N) is 5. The van der Waals surface area contributed by atoms with Gasteiger partial charge in [0.25, 0.3) is 0 Å². The van der Waals surface area contributed by atoms with Crippen LogP contribution in [0.15, 0.2) is 36.8 Å². The molecule has 40 heavy (non-hydrogen) atoms. The lowest BCUT2D eigenvalue weighted by Gasteiger charge is -2.43. The zero-order valence-electron chi connectivity index (χ0n) is 23.8. The smallest absolute Gasteiger partial charge is 0.164 e. The zero-order valence-corrected chi connectivity index (χ0v) is 23.8. The maximum absolute atomic E-state index is 10.9. The van der Waals surface area contributed by atoms with Crippen LogP contribution in [-0.2, 0) is 16.6 Å². The van der Waals surface area contributed by atoms with Gasteiger partial charge in [-0.3, -0.25) is 4.90 Å². The van der Waals surface area contributed by atoms with Crippen LogP contribution in [0.25, 0.3) is 22.1 Å². The van der Waals surface area contributed by atoms with Crippen molar-refractivity contribution in [1.29, 1.82) is 0 Å². The minimum absolute atomic E-state index is 0.115. The second-order valence-corrected chi connectivity index (χ2v) is 12.5. The Morgan fingerprint density at radius 1 is 1.15 bits per heavy atom. The molecule has 0 spiro atoms. The first kappa shape index (κ1) is 27.1. The molecule has 10 nitrogen and oxygen atoms in total. The molecule has 0 amide bonds. The number of rotatable bonds is 8. The van der Waals surface area contributed by atoms with Crippen LogP contribution in [0.1, 0.15) is 64.6 Å². The van der Waals surface area contributed by atoms with Crippen LogP contribution >= 0.6 is 0 Å². The van der Waals surface area contributed by atoms with Crippen molar-refractivity contribution in [1.82, 2.24) is 29.4 Å². The first-order valence-corrected chi connectivity index (χ1v) is 14.4. The molecule has 4 aromatic rings. The van der Waals surface area contributed by atoms with Gasteiger partial charge in [-0.1, -0.05) is 33.8 Å². The number of aliphatic hydroxyl groups is 2. The van der Waals surface area contributed by atoms with Crippen LogP contribution in [0.2, 0.25) is 0 Å². The average Bonchev–Trinajstić information content (AvgIpc) is 3.58. The molecule has 4 heterocycles. The Labute approximate surface area is 234 Å². The lowest BCUT2D eigenvalue weighted by atomic mass is 9.76. The topological polar surface area (TPSA) is 138 Å². The summed E-state index contributed by atoms with van der Waals surface area (Å²) in [6.07, 6.45) is 4.18. The van der Waals surface area contributed by atoms with E-state index in [0.717, 1.165) is 49.1 Å². The zero-order chi connectivity index (χ0) is 28.2. The van der Waals surface area contributed by atoms with Crippen molar-refractivity contribution in [3.63, 3.8) is 0 Å². The fourth-order valence-electron chi connectivity index (χ4n) is 6.30. The van der Waals surface area contributed by atoms with Gasteiger partial charge in [-0.25, -0.2) is 15.0 Å². The monoisotopic (exact) mass is 547 g/mol. The summed E-state index contributed by atoms with van der Waals surface area (Å²) in [5.41, 5.74) is 10.1. The van der Waals surface area contributed by atoms with Crippen molar-refractivity contribution < 1.29 is 14.9 Å². The number of aromatic amines is 1. The molecule has 1 saturated heterocycles. The maximum Gasteiger partial charge on any atom is 0.164 e. The fraction of sp³-hybridized carbons (Fsp3) is 0.567. The van der Waals surface area contributed by atoms with Crippen molar-refractivity contribution in [2.24, 2.45) is 5.92 Å². The van der Waals surface area contributed by atoms with Crippen LogP contribution in [0.4, 0.5) is 5.82 Å². The van der Waals surface area contributed by atoms with Crippen LogP contribution in [0.5, 0.6) is 0 Å². The van der Waals surface area contributed by atoms with Crippen molar-refractivity contribution in [2.75, 3.05) is 18.8 Å². The highest BCUT2D eigenvalue weighted by Gasteiger charge is 2.46. The summed E-state index contributed by atoms with van der Waals surface area (Å²) in [4.78, 5) is 19.1. The van der Waals surface area contributed by atoms with E-state index in [4.69, 9.17) is 15.5 Å². The fourth-order valence-corrected chi connectivity index (χ4v) is 6.30. The summed E-state index contributed by atoms with van der Waals surface area (Å²) in [6, 6.07) is 8.79. The van der Waals surface area contributed by atoms with Gasteiger partial charge in [-0.15, -0.1) is 0 Å². The number of aliphatic hydroxyl groups excluding tert-OH is 2. The number of fused-ring (bicyclic) bond motifs is 2. The van der Waals surface area contributed by atoms with E-state index < -0.39 is 24.5 Å². The maximum atomic E-state index is 10.9. The van der Waals surface area contributed by atoms with E-state index in [1.54, 1.807) is 10.8 Å². The molecule has 1 aromatic carbocycles. The summed E-state index contributed by atoms with van der Waals surface area (Å²) < 4.78 is 7.96. The van der Waals surface area contributed by atoms with E-state index in [1.807, 2.05) is 6.07 Å². The van der Waals surface area contributed by atoms with Gasteiger partial charge in [0, 0.05) is 25.2 Å². The minimum atomic E-state index is -1.06. The van der Waals surface area contributed by atoms with Gasteiger partial charge in [0.15, 0.2) is 6.23 Å². The first-order valence-electron chi connectivity index (χ1n) is 14.4. The molecule has 6 rings (SSSR count). The number of H-pyrrole nitrogens is 1. The second kappa shape index (κ2) is 10.4. The third kappa shape index (κ3) is 4.98. The number of hydrogen-bond acceptors (Lipinski definition) is 8. The summed E-state index contributed by atoms with van der Waals surface area (Å²) >= 11 is 0. The highest BCUT2D eigenvalue weighted by atomic mass is 16.6. The number of anilines is 1. The Kier molecular flexibility index (Phi) is 7.06. The number of aryl methyl sites for hydroxylation is 1. The van der Waals surface area contributed by atoms with Gasteiger partial charge in [-0.2, -0.15) is 0 Å². The van der Waals surface area contributed by atoms with Gasteiger partial charge in [0.2, 0.25) is 0 Å². The molecular weight excluding hydrogens is 506 g/mol. The Morgan fingerprint density at radius 2 is 1.95 bits per heavy atom. The van der Waals surface area contributed by atoms with E-state index in [2.05, 4.69) is 65.7 Å². The van der Waals surface area contributed by atoms with Crippen molar-refractivity contribution in [3.8, 4) is 0 Å².